The number of ether oxygens (including phenoxy) is 1. The number of carbonyl (C=O) groups is 1. The lowest BCUT2D eigenvalue weighted by atomic mass is 9.84. The van der Waals surface area contributed by atoms with Crippen LogP contribution in [-0.2, 0) is 9.53 Å². The van der Waals surface area contributed by atoms with Crippen molar-refractivity contribution >= 4 is 21.8 Å². The number of rotatable bonds is 3. The Morgan fingerprint density at radius 2 is 1.89 bits per heavy atom. The zero-order valence-electron chi connectivity index (χ0n) is 12.2. The largest absolute Gasteiger partial charge is 0.374 e. The van der Waals surface area contributed by atoms with Gasteiger partial charge in [-0.2, -0.15) is 0 Å². The van der Waals surface area contributed by atoms with Crippen molar-refractivity contribution in [2.45, 2.75) is 64.7 Å². The third-order valence-corrected chi connectivity index (χ3v) is 5.81. The van der Waals surface area contributed by atoms with Crippen molar-refractivity contribution < 1.29 is 9.53 Å². The highest BCUT2D eigenvalue weighted by Gasteiger charge is 2.42. The summed E-state index contributed by atoms with van der Waals surface area (Å²) in [5.41, 5.74) is 0. The minimum atomic E-state index is 0.00732. The van der Waals surface area contributed by atoms with Crippen LogP contribution in [0.25, 0.3) is 0 Å². The lowest BCUT2D eigenvalue weighted by Crippen LogP contribution is -2.47. The maximum absolute atomic E-state index is 12.5. The number of carbonyl (C=O) groups excluding carboxylic acids is 1. The molecule has 2 fully saturated rings. The second-order valence-electron chi connectivity index (χ2n) is 6.25. The number of hydrogen-bond donors (Lipinski definition) is 1. The molecule has 1 aliphatic carbocycles. The minimum Gasteiger partial charge on any atom is -0.374 e. The second kappa shape index (κ2) is 6.57. The Kier molecular flexibility index (Phi) is 5.29. The smallest absolute Gasteiger partial charge is 0.226 e. The summed E-state index contributed by atoms with van der Waals surface area (Å²) >= 11 is 3.58. The van der Waals surface area contributed by atoms with E-state index in [9.17, 15) is 4.79 Å². The van der Waals surface area contributed by atoms with E-state index in [1.807, 2.05) is 6.92 Å². The van der Waals surface area contributed by atoms with Crippen molar-refractivity contribution in [1.29, 1.82) is 0 Å². The molecule has 1 amide bonds. The van der Waals surface area contributed by atoms with Crippen molar-refractivity contribution in [2.24, 2.45) is 17.8 Å². The standard InChI is InChI=1S/C15H26BrNO2/c1-9-10(2)19-11(3)14(9)15(18)17-13-7-5-4-6-12(13)8-16/h9-14H,4-8H2,1-3H3,(H,17,18). The van der Waals surface area contributed by atoms with Gasteiger partial charge in [-0.1, -0.05) is 35.7 Å². The molecule has 1 saturated heterocycles. The minimum absolute atomic E-state index is 0.00732. The molecule has 1 saturated carbocycles. The van der Waals surface area contributed by atoms with Crippen LogP contribution in [0.3, 0.4) is 0 Å². The van der Waals surface area contributed by atoms with Gasteiger partial charge in [0.2, 0.25) is 5.91 Å². The predicted molar refractivity (Wildman–Crippen MR) is 80.3 cm³/mol. The average molecular weight is 332 g/mol. The van der Waals surface area contributed by atoms with E-state index in [0.717, 1.165) is 11.8 Å². The summed E-state index contributed by atoms with van der Waals surface area (Å²) in [5.74, 6) is 1.10. The van der Waals surface area contributed by atoms with Crippen molar-refractivity contribution in [3.63, 3.8) is 0 Å². The Morgan fingerprint density at radius 1 is 1.21 bits per heavy atom. The molecule has 0 aromatic heterocycles. The first-order valence-corrected chi connectivity index (χ1v) is 8.68. The van der Waals surface area contributed by atoms with Gasteiger partial charge in [-0.05, 0) is 38.5 Å². The monoisotopic (exact) mass is 331 g/mol. The van der Waals surface area contributed by atoms with Crippen LogP contribution >= 0.6 is 15.9 Å². The molecular weight excluding hydrogens is 306 g/mol. The quantitative estimate of drug-likeness (QED) is 0.807. The molecule has 1 aliphatic heterocycles. The Morgan fingerprint density at radius 3 is 2.47 bits per heavy atom. The molecule has 2 aliphatic rings. The number of alkyl halides is 1. The van der Waals surface area contributed by atoms with E-state index in [1.165, 1.54) is 19.3 Å². The fourth-order valence-electron chi connectivity index (χ4n) is 3.58. The van der Waals surface area contributed by atoms with Crippen molar-refractivity contribution in [2.75, 3.05) is 5.33 Å². The highest BCUT2D eigenvalue weighted by Crippen LogP contribution is 2.33. The first kappa shape index (κ1) is 15.3. The van der Waals surface area contributed by atoms with E-state index in [2.05, 4.69) is 35.1 Å². The Balaban J connectivity index is 1.96. The molecule has 3 nitrogen and oxygen atoms in total. The third kappa shape index (κ3) is 3.33. The van der Waals surface area contributed by atoms with E-state index in [0.29, 0.717) is 17.9 Å². The normalized spacial score (nSPS) is 43.2. The van der Waals surface area contributed by atoms with Crippen LogP contribution in [0.1, 0.15) is 46.5 Å². The van der Waals surface area contributed by atoms with Gasteiger partial charge in [0.15, 0.2) is 0 Å². The molecule has 1 heterocycles. The molecule has 6 atom stereocenters. The van der Waals surface area contributed by atoms with Gasteiger partial charge in [-0.3, -0.25) is 4.79 Å². The van der Waals surface area contributed by atoms with E-state index < -0.39 is 0 Å². The van der Waals surface area contributed by atoms with E-state index >= 15 is 0 Å². The predicted octanol–water partition coefficient (Wildman–Crippen LogP) is 3.12. The van der Waals surface area contributed by atoms with Crippen LogP contribution in [0, 0.1) is 17.8 Å². The van der Waals surface area contributed by atoms with Crippen LogP contribution in [0.15, 0.2) is 0 Å². The van der Waals surface area contributed by atoms with Crippen LogP contribution in [0.4, 0.5) is 0 Å². The zero-order valence-corrected chi connectivity index (χ0v) is 13.8. The van der Waals surface area contributed by atoms with Gasteiger partial charge in [0.1, 0.15) is 0 Å². The molecule has 0 aromatic rings. The van der Waals surface area contributed by atoms with Crippen molar-refractivity contribution in [3.8, 4) is 0 Å². The van der Waals surface area contributed by atoms with Gasteiger partial charge in [0.05, 0.1) is 18.1 Å². The molecular formula is C15H26BrNO2. The van der Waals surface area contributed by atoms with E-state index in [-0.39, 0.29) is 24.0 Å². The summed E-state index contributed by atoms with van der Waals surface area (Å²) in [5, 5.41) is 4.28. The lowest BCUT2D eigenvalue weighted by molar-refractivity contribution is -0.128. The molecule has 0 aromatic carbocycles. The third-order valence-electron chi connectivity index (χ3n) is 4.98. The fraction of sp³-hybridized carbons (Fsp3) is 0.933. The molecule has 0 bridgehead atoms. The van der Waals surface area contributed by atoms with E-state index in [1.54, 1.807) is 0 Å². The Labute approximate surface area is 125 Å². The van der Waals surface area contributed by atoms with Crippen molar-refractivity contribution in [3.05, 3.63) is 0 Å². The first-order chi connectivity index (χ1) is 9.04. The van der Waals surface area contributed by atoms with Crippen molar-refractivity contribution in [1.82, 2.24) is 5.32 Å². The number of nitrogens with one attached hydrogen (secondary N) is 1. The summed E-state index contributed by atoms with van der Waals surface area (Å²) < 4.78 is 5.78. The molecule has 4 heteroatoms. The zero-order chi connectivity index (χ0) is 14.0. The van der Waals surface area contributed by atoms with Gasteiger partial charge in [-0.15, -0.1) is 0 Å². The van der Waals surface area contributed by atoms with Gasteiger partial charge in [-0.25, -0.2) is 0 Å². The lowest BCUT2D eigenvalue weighted by Gasteiger charge is -2.32. The number of amides is 1. The Hall–Kier alpha value is -0.0900. The molecule has 1 N–H and O–H groups in total. The fourth-order valence-corrected chi connectivity index (χ4v) is 4.35. The van der Waals surface area contributed by atoms with Crippen LogP contribution in [0.5, 0.6) is 0 Å². The van der Waals surface area contributed by atoms with Crippen LogP contribution in [-0.4, -0.2) is 29.5 Å². The molecule has 110 valence electrons. The van der Waals surface area contributed by atoms with Gasteiger partial charge >= 0.3 is 0 Å². The summed E-state index contributed by atoms with van der Waals surface area (Å²) in [6.07, 6.45) is 5.09. The number of hydrogen-bond acceptors (Lipinski definition) is 2. The van der Waals surface area contributed by atoms with Crippen LogP contribution < -0.4 is 5.32 Å². The SMILES string of the molecule is CC1OC(C)C(C(=O)NC2CCCCC2CBr)C1C. The molecule has 19 heavy (non-hydrogen) atoms. The average Bonchev–Trinajstić information content (AvgIpc) is 2.64. The summed E-state index contributed by atoms with van der Waals surface area (Å²) in [7, 11) is 0. The molecule has 0 radical (unpaired) electrons. The summed E-state index contributed by atoms with van der Waals surface area (Å²) in [6.45, 7) is 6.21. The van der Waals surface area contributed by atoms with Crippen LogP contribution in [0.2, 0.25) is 0 Å². The summed E-state index contributed by atoms with van der Waals surface area (Å²) in [6, 6.07) is 0.343. The van der Waals surface area contributed by atoms with E-state index in [4.69, 9.17) is 4.74 Å². The highest BCUT2D eigenvalue weighted by molar-refractivity contribution is 9.09. The second-order valence-corrected chi connectivity index (χ2v) is 6.89. The first-order valence-electron chi connectivity index (χ1n) is 7.56. The molecule has 2 rings (SSSR count). The summed E-state index contributed by atoms with van der Waals surface area (Å²) in [4.78, 5) is 12.5. The topological polar surface area (TPSA) is 38.3 Å². The maximum atomic E-state index is 12.5. The number of halogens is 1. The van der Waals surface area contributed by atoms with Gasteiger partial charge in [0, 0.05) is 11.4 Å². The maximum Gasteiger partial charge on any atom is 0.226 e. The Bertz CT molecular complexity index is 323. The highest BCUT2D eigenvalue weighted by atomic mass is 79.9. The van der Waals surface area contributed by atoms with Gasteiger partial charge in [0.25, 0.3) is 0 Å². The van der Waals surface area contributed by atoms with Gasteiger partial charge < -0.3 is 10.1 Å². The molecule has 0 spiro atoms. The molecule has 6 unspecified atom stereocenters.